The van der Waals surface area contributed by atoms with Crippen molar-refractivity contribution in [3.8, 4) is 5.75 Å². The van der Waals surface area contributed by atoms with Crippen LogP contribution in [0.3, 0.4) is 0 Å². The Balaban J connectivity index is 1.98. The van der Waals surface area contributed by atoms with Crippen LogP contribution in [-0.4, -0.2) is 17.0 Å². The first-order valence-corrected chi connectivity index (χ1v) is 7.76. The molecule has 6 nitrogen and oxygen atoms in total. The van der Waals surface area contributed by atoms with E-state index in [1.165, 1.54) is 18.2 Å². The zero-order valence-corrected chi connectivity index (χ0v) is 14.2. The molecule has 4 N–H and O–H groups in total. The lowest BCUT2D eigenvalue weighted by Gasteiger charge is -2.06. The molecule has 0 radical (unpaired) electrons. The summed E-state index contributed by atoms with van der Waals surface area (Å²) < 4.78 is 5.23. The Morgan fingerprint density at radius 2 is 1.84 bits per heavy atom. The molecule has 0 saturated heterocycles. The molecular formula is C18H17ClN2O4. The zero-order chi connectivity index (χ0) is 18.4. The Labute approximate surface area is 149 Å². The topological polar surface area (TPSA) is 102 Å². The molecule has 0 aliphatic rings. The average molecular weight is 361 g/mol. The van der Waals surface area contributed by atoms with E-state index in [2.05, 4.69) is 5.43 Å². The van der Waals surface area contributed by atoms with Gasteiger partial charge in [-0.3, -0.25) is 10.2 Å². The summed E-state index contributed by atoms with van der Waals surface area (Å²) in [6.07, 6.45) is 2.28. The summed E-state index contributed by atoms with van der Waals surface area (Å²) >= 11 is 5.77. The average Bonchev–Trinajstić information content (AvgIpc) is 2.62. The molecule has 1 amide bonds. The number of nitrogens with two attached hydrogens (primary N) is 1. The number of esters is 1. The van der Waals surface area contributed by atoms with Crippen LogP contribution < -0.4 is 11.3 Å². The van der Waals surface area contributed by atoms with Crippen molar-refractivity contribution in [2.45, 2.75) is 13.3 Å². The third-order valence-electron chi connectivity index (χ3n) is 3.41. The molecule has 0 fully saturated rings. The smallest absolute Gasteiger partial charge is 0.343 e. The van der Waals surface area contributed by atoms with Gasteiger partial charge in [-0.15, -0.1) is 0 Å². The number of carbonyl (C=O) groups is 2. The van der Waals surface area contributed by atoms with E-state index in [9.17, 15) is 14.7 Å². The predicted molar refractivity (Wildman–Crippen MR) is 94.1 cm³/mol. The molecule has 130 valence electrons. The molecule has 2 aromatic carbocycles. The molecule has 0 unspecified atom stereocenters. The lowest BCUT2D eigenvalue weighted by molar-refractivity contribution is 0.0625. The maximum atomic E-state index is 12.0. The van der Waals surface area contributed by atoms with Crippen LogP contribution in [0.5, 0.6) is 5.75 Å². The molecule has 0 aromatic heterocycles. The quantitative estimate of drug-likeness (QED) is 0.250. The molecule has 2 aromatic rings. The zero-order valence-electron chi connectivity index (χ0n) is 13.5. The fourth-order valence-corrected chi connectivity index (χ4v) is 2.20. The Hall–Kier alpha value is -2.83. The number of phenols is 1. The number of rotatable bonds is 5. The van der Waals surface area contributed by atoms with Crippen LogP contribution in [0.4, 0.5) is 0 Å². The van der Waals surface area contributed by atoms with Crippen LogP contribution in [0.2, 0.25) is 5.02 Å². The minimum Gasteiger partial charge on any atom is -0.506 e. The highest BCUT2D eigenvalue weighted by Crippen LogP contribution is 2.24. The van der Waals surface area contributed by atoms with Gasteiger partial charge in [0.1, 0.15) is 11.5 Å². The molecule has 0 saturated carbocycles. The molecule has 7 heteroatoms. The second-order valence-corrected chi connectivity index (χ2v) is 5.65. The van der Waals surface area contributed by atoms with Gasteiger partial charge in [-0.2, -0.15) is 0 Å². The number of benzene rings is 2. The third-order valence-corrected chi connectivity index (χ3v) is 3.71. The standard InChI is InChI=1S/C18H17ClN2O4/c1-11(25-18(24)14-8-9-16(22)15(19)10-14)2-3-12-4-6-13(7-5-12)17(23)21-20/h2,4-10,22H,3,20H2,1H3,(H,21,23). The summed E-state index contributed by atoms with van der Waals surface area (Å²) in [6.45, 7) is 1.66. The Kier molecular flexibility index (Phi) is 6.16. The number of amides is 1. The fourth-order valence-electron chi connectivity index (χ4n) is 2.02. The SMILES string of the molecule is CC(=CCc1ccc(C(=O)NN)cc1)OC(=O)c1ccc(O)c(Cl)c1. The number of allylic oxidation sites excluding steroid dienone is 2. The van der Waals surface area contributed by atoms with E-state index in [-0.39, 0.29) is 22.2 Å². The van der Waals surface area contributed by atoms with E-state index in [4.69, 9.17) is 22.2 Å². The maximum absolute atomic E-state index is 12.0. The van der Waals surface area contributed by atoms with Crippen molar-refractivity contribution in [2.24, 2.45) is 5.84 Å². The first kappa shape index (κ1) is 18.5. The van der Waals surface area contributed by atoms with Crippen LogP contribution in [0.15, 0.2) is 54.3 Å². The first-order valence-electron chi connectivity index (χ1n) is 7.38. The largest absolute Gasteiger partial charge is 0.506 e. The summed E-state index contributed by atoms with van der Waals surface area (Å²) in [5.41, 5.74) is 3.71. The number of hydrogen-bond donors (Lipinski definition) is 3. The molecule has 0 bridgehead atoms. The molecule has 0 spiro atoms. The Bertz CT molecular complexity index is 816. The number of ether oxygens (including phenoxy) is 1. The number of phenolic OH excluding ortho intramolecular Hbond substituents is 1. The van der Waals surface area contributed by atoms with Gasteiger partial charge < -0.3 is 9.84 Å². The predicted octanol–water partition coefficient (Wildman–Crippen LogP) is 2.95. The van der Waals surface area contributed by atoms with Crippen molar-refractivity contribution in [3.63, 3.8) is 0 Å². The van der Waals surface area contributed by atoms with Gasteiger partial charge in [0.2, 0.25) is 0 Å². The van der Waals surface area contributed by atoms with E-state index in [1.807, 2.05) is 0 Å². The minimum atomic E-state index is -0.564. The van der Waals surface area contributed by atoms with Crippen molar-refractivity contribution in [1.29, 1.82) is 0 Å². The van der Waals surface area contributed by atoms with Crippen LogP contribution in [0.25, 0.3) is 0 Å². The highest BCUT2D eigenvalue weighted by atomic mass is 35.5. The second-order valence-electron chi connectivity index (χ2n) is 5.24. The molecule has 0 aliphatic heterocycles. The maximum Gasteiger partial charge on any atom is 0.343 e. The molecule has 0 atom stereocenters. The van der Waals surface area contributed by atoms with E-state index >= 15 is 0 Å². The summed E-state index contributed by atoms with van der Waals surface area (Å²) in [5, 5.41) is 9.44. The van der Waals surface area contributed by atoms with Crippen molar-refractivity contribution < 1.29 is 19.4 Å². The monoisotopic (exact) mass is 360 g/mol. The van der Waals surface area contributed by atoms with Crippen LogP contribution in [0.1, 0.15) is 33.2 Å². The van der Waals surface area contributed by atoms with Gasteiger partial charge in [0.25, 0.3) is 5.91 Å². The van der Waals surface area contributed by atoms with E-state index in [1.54, 1.807) is 37.3 Å². The minimum absolute atomic E-state index is 0.0812. The van der Waals surface area contributed by atoms with Gasteiger partial charge in [-0.25, -0.2) is 10.6 Å². The van der Waals surface area contributed by atoms with Gasteiger partial charge in [-0.1, -0.05) is 23.7 Å². The summed E-state index contributed by atoms with van der Waals surface area (Å²) in [5.74, 6) is 4.48. The fraction of sp³-hybridized carbons (Fsp3) is 0.111. The Morgan fingerprint density at radius 3 is 2.44 bits per heavy atom. The number of aromatic hydroxyl groups is 1. The Morgan fingerprint density at radius 1 is 1.20 bits per heavy atom. The van der Waals surface area contributed by atoms with Crippen LogP contribution in [0, 0.1) is 0 Å². The van der Waals surface area contributed by atoms with Gasteiger partial charge in [-0.05, 0) is 55.3 Å². The van der Waals surface area contributed by atoms with Crippen LogP contribution >= 0.6 is 11.6 Å². The number of nitrogen functional groups attached to an aromatic ring is 1. The lowest BCUT2D eigenvalue weighted by atomic mass is 10.1. The highest BCUT2D eigenvalue weighted by molar-refractivity contribution is 6.32. The second kappa shape index (κ2) is 8.32. The first-order chi connectivity index (χ1) is 11.9. The van der Waals surface area contributed by atoms with Gasteiger partial charge in [0.15, 0.2) is 0 Å². The summed E-state index contributed by atoms with van der Waals surface area (Å²) in [7, 11) is 0. The van der Waals surface area contributed by atoms with Crippen molar-refractivity contribution in [3.05, 3.63) is 76.0 Å². The van der Waals surface area contributed by atoms with Crippen molar-refractivity contribution in [2.75, 3.05) is 0 Å². The molecular weight excluding hydrogens is 344 g/mol. The molecule has 2 rings (SSSR count). The third kappa shape index (κ3) is 5.07. The van der Waals surface area contributed by atoms with Crippen molar-refractivity contribution in [1.82, 2.24) is 5.43 Å². The highest BCUT2D eigenvalue weighted by Gasteiger charge is 2.10. The van der Waals surface area contributed by atoms with Gasteiger partial charge in [0, 0.05) is 5.56 Å². The van der Waals surface area contributed by atoms with Crippen molar-refractivity contribution >= 4 is 23.5 Å². The molecule has 0 aliphatic carbocycles. The normalized spacial score (nSPS) is 11.1. The lowest BCUT2D eigenvalue weighted by Crippen LogP contribution is -2.29. The van der Waals surface area contributed by atoms with Crippen LogP contribution in [-0.2, 0) is 11.2 Å². The van der Waals surface area contributed by atoms with E-state index < -0.39 is 5.97 Å². The van der Waals surface area contributed by atoms with E-state index in [0.29, 0.717) is 17.7 Å². The number of nitrogens with one attached hydrogen (secondary N) is 1. The van der Waals surface area contributed by atoms with E-state index in [0.717, 1.165) is 5.56 Å². The molecule has 0 heterocycles. The van der Waals surface area contributed by atoms with Gasteiger partial charge in [0.05, 0.1) is 10.6 Å². The number of hydrazine groups is 1. The number of hydrogen-bond acceptors (Lipinski definition) is 5. The number of carbonyl (C=O) groups excluding carboxylic acids is 2. The molecule has 25 heavy (non-hydrogen) atoms. The number of halogens is 1. The summed E-state index contributed by atoms with van der Waals surface area (Å²) in [6, 6.07) is 11.0. The van der Waals surface area contributed by atoms with Gasteiger partial charge >= 0.3 is 5.97 Å². The summed E-state index contributed by atoms with van der Waals surface area (Å²) in [4.78, 5) is 23.4.